The first-order valence-corrected chi connectivity index (χ1v) is 3.56. The lowest BCUT2D eigenvalue weighted by atomic mass is 10.3. The quantitative estimate of drug-likeness (QED) is 0.634. The molecule has 0 atom stereocenters. The largest absolute Gasteiger partial charge is 0.497 e. The number of methoxy groups -OCH3 is 1. The van der Waals surface area contributed by atoms with Crippen molar-refractivity contribution in [2.75, 3.05) is 7.11 Å². The van der Waals surface area contributed by atoms with Gasteiger partial charge in [-0.3, -0.25) is 0 Å². The van der Waals surface area contributed by atoms with Crippen molar-refractivity contribution < 1.29 is 14.2 Å². The van der Waals surface area contributed by atoms with Crippen molar-refractivity contribution in [3.05, 3.63) is 30.7 Å². The van der Waals surface area contributed by atoms with E-state index in [0.717, 1.165) is 5.75 Å². The molecule has 3 nitrogen and oxygen atoms in total. The highest BCUT2D eigenvalue weighted by Crippen LogP contribution is 2.33. The molecule has 1 aliphatic heterocycles. The van der Waals surface area contributed by atoms with E-state index < -0.39 is 0 Å². The summed E-state index contributed by atoms with van der Waals surface area (Å²) in [5.41, 5.74) is 0. The molecule has 0 saturated carbocycles. The van der Waals surface area contributed by atoms with Crippen molar-refractivity contribution in [2.24, 2.45) is 0 Å². The van der Waals surface area contributed by atoms with E-state index in [1.54, 1.807) is 19.2 Å². The maximum atomic E-state index is 5.18. The molecule has 3 heteroatoms. The molecule has 0 aliphatic carbocycles. The van der Waals surface area contributed by atoms with Gasteiger partial charge in [-0.2, -0.15) is 0 Å². The smallest absolute Gasteiger partial charge is 0.172 e. The monoisotopic (exact) mass is 164 g/mol. The highest BCUT2D eigenvalue weighted by molar-refractivity contribution is 5.47. The van der Waals surface area contributed by atoms with Crippen LogP contribution in [0.1, 0.15) is 0 Å². The van der Waals surface area contributed by atoms with Crippen LogP contribution in [0.2, 0.25) is 0 Å². The van der Waals surface area contributed by atoms with E-state index in [0.29, 0.717) is 11.5 Å². The van der Waals surface area contributed by atoms with Gasteiger partial charge in [-0.15, -0.1) is 0 Å². The van der Waals surface area contributed by atoms with Crippen molar-refractivity contribution >= 4 is 0 Å². The topological polar surface area (TPSA) is 27.7 Å². The fourth-order valence-corrected chi connectivity index (χ4v) is 1.01. The maximum Gasteiger partial charge on any atom is 0.172 e. The van der Waals surface area contributed by atoms with E-state index in [2.05, 4.69) is 0 Å². The Bertz CT molecular complexity index is 318. The molecule has 62 valence electrons. The molecule has 0 N–H and O–H groups in total. The van der Waals surface area contributed by atoms with Gasteiger partial charge in [0.2, 0.25) is 0 Å². The van der Waals surface area contributed by atoms with Gasteiger partial charge in [0.15, 0.2) is 11.5 Å². The number of benzene rings is 1. The van der Waals surface area contributed by atoms with Gasteiger partial charge in [-0.05, 0) is 12.1 Å². The SMILES string of the molecule is COc1ccc2c(c1)OC=CO2. The Balaban J connectivity index is 2.39. The number of hydrogen-bond acceptors (Lipinski definition) is 3. The van der Waals surface area contributed by atoms with Gasteiger partial charge in [0.1, 0.15) is 18.3 Å². The summed E-state index contributed by atoms with van der Waals surface area (Å²) in [6, 6.07) is 5.40. The van der Waals surface area contributed by atoms with Gasteiger partial charge >= 0.3 is 0 Å². The van der Waals surface area contributed by atoms with Crippen LogP contribution in [0.15, 0.2) is 30.7 Å². The van der Waals surface area contributed by atoms with E-state index in [9.17, 15) is 0 Å². The van der Waals surface area contributed by atoms with Gasteiger partial charge in [-0.25, -0.2) is 0 Å². The maximum absolute atomic E-state index is 5.18. The first kappa shape index (κ1) is 7.03. The molecule has 0 amide bonds. The van der Waals surface area contributed by atoms with Gasteiger partial charge in [0, 0.05) is 6.07 Å². The van der Waals surface area contributed by atoms with Crippen molar-refractivity contribution in [3.63, 3.8) is 0 Å². The minimum Gasteiger partial charge on any atom is -0.497 e. The molecular weight excluding hydrogens is 156 g/mol. The molecule has 0 fully saturated rings. The van der Waals surface area contributed by atoms with Gasteiger partial charge in [0.05, 0.1) is 7.11 Å². The summed E-state index contributed by atoms with van der Waals surface area (Å²) in [6.45, 7) is 0. The van der Waals surface area contributed by atoms with E-state index >= 15 is 0 Å². The zero-order valence-electron chi connectivity index (χ0n) is 6.61. The number of rotatable bonds is 1. The Labute approximate surface area is 70.2 Å². The molecule has 0 unspecified atom stereocenters. The van der Waals surface area contributed by atoms with Crippen LogP contribution in [0, 0.1) is 0 Å². The van der Waals surface area contributed by atoms with Crippen molar-refractivity contribution in [2.45, 2.75) is 0 Å². The molecule has 12 heavy (non-hydrogen) atoms. The second-order valence-electron chi connectivity index (χ2n) is 2.32. The van der Waals surface area contributed by atoms with E-state index in [4.69, 9.17) is 14.2 Å². The van der Waals surface area contributed by atoms with Crippen LogP contribution in [0.3, 0.4) is 0 Å². The molecule has 2 rings (SSSR count). The Morgan fingerprint density at radius 1 is 1.08 bits per heavy atom. The second-order valence-corrected chi connectivity index (χ2v) is 2.32. The summed E-state index contributed by atoms with van der Waals surface area (Å²) in [7, 11) is 1.61. The van der Waals surface area contributed by atoms with E-state index in [-0.39, 0.29) is 0 Å². The fourth-order valence-electron chi connectivity index (χ4n) is 1.01. The van der Waals surface area contributed by atoms with Gasteiger partial charge in [-0.1, -0.05) is 0 Å². The molecule has 0 aromatic heterocycles. The predicted molar refractivity (Wildman–Crippen MR) is 43.4 cm³/mol. The molecule has 1 heterocycles. The van der Waals surface area contributed by atoms with Crippen molar-refractivity contribution in [1.29, 1.82) is 0 Å². The predicted octanol–water partition coefficient (Wildman–Crippen LogP) is 1.94. The Kier molecular flexibility index (Phi) is 1.63. The highest BCUT2D eigenvalue weighted by Gasteiger charge is 2.08. The lowest BCUT2D eigenvalue weighted by Crippen LogP contribution is -1.96. The Hall–Kier alpha value is -1.64. The molecule has 0 saturated heterocycles. The zero-order chi connectivity index (χ0) is 8.39. The lowest BCUT2D eigenvalue weighted by Gasteiger charge is -2.12. The molecule has 1 aromatic rings. The summed E-state index contributed by atoms with van der Waals surface area (Å²) >= 11 is 0. The summed E-state index contributed by atoms with van der Waals surface area (Å²) in [6.07, 6.45) is 2.98. The van der Waals surface area contributed by atoms with Crippen LogP contribution < -0.4 is 14.2 Å². The highest BCUT2D eigenvalue weighted by atomic mass is 16.5. The van der Waals surface area contributed by atoms with Crippen LogP contribution in [-0.2, 0) is 0 Å². The van der Waals surface area contributed by atoms with Gasteiger partial charge < -0.3 is 14.2 Å². The minimum absolute atomic E-state index is 0.678. The lowest BCUT2D eigenvalue weighted by molar-refractivity contribution is 0.355. The Morgan fingerprint density at radius 2 is 1.83 bits per heavy atom. The first-order valence-electron chi connectivity index (χ1n) is 3.56. The van der Waals surface area contributed by atoms with Crippen LogP contribution in [0.25, 0.3) is 0 Å². The number of ether oxygens (including phenoxy) is 3. The summed E-state index contributed by atoms with van der Waals surface area (Å²) in [5.74, 6) is 2.14. The molecule has 1 aromatic carbocycles. The summed E-state index contributed by atoms with van der Waals surface area (Å²) < 4.78 is 15.4. The average molecular weight is 164 g/mol. The molecular formula is C9H8O3. The Morgan fingerprint density at radius 3 is 2.58 bits per heavy atom. The normalized spacial score (nSPS) is 12.8. The summed E-state index contributed by atoms with van der Waals surface area (Å²) in [4.78, 5) is 0. The third kappa shape index (κ3) is 1.09. The van der Waals surface area contributed by atoms with E-state index in [1.807, 2.05) is 6.07 Å². The fraction of sp³-hybridized carbons (Fsp3) is 0.111. The van der Waals surface area contributed by atoms with Crippen LogP contribution in [0.4, 0.5) is 0 Å². The average Bonchev–Trinajstić information content (AvgIpc) is 2.17. The first-order chi connectivity index (χ1) is 5.90. The molecule has 0 spiro atoms. The molecule has 1 aliphatic rings. The standard InChI is InChI=1S/C9H8O3/c1-10-7-2-3-8-9(6-7)12-5-4-11-8/h2-6H,1H3. The minimum atomic E-state index is 0.678. The van der Waals surface area contributed by atoms with Crippen molar-refractivity contribution in [3.8, 4) is 17.2 Å². The van der Waals surface area contributed by atoms with E-state index in [1.165, 1.54) is 12.5 Å². The van der Waals surface area contributed by atoms with Crippen LogP contribution >= 0.6 is 0 Å². The van der Waals surface area contributed by atoms with Crippen LogP contribution in [-0.4, -0.2) is 7.11 Å². The second kappa shape index (κ2) is 2.77. The summed E-state index contributed by atoms with van der Waals surface area (Å²) in [5, 5.41) is 0. The molecule has 0 radical (unpaired) electrons. The zero-order valence-corrected chi connectivity index (χ0v) is 6.61. The van der Waals surface area contributed by atoms with Gasteiger partial charge in [0.25, 0.3) is 0 Å². The number of hydrogen-bond donors (Lipinski definition) is 0. The molecule has 0 bridgehead atoms. The third-order valence-corrected chi connectivity index (χ3v) is 1.60. The number of fused-ring (bicyclic) bond motifs is 1. The van der Waals surface area contributed by atoms with Crippen molar-refractivity contribution in [1.82, 2.24) is 0 Å². The third-order valence-electron chi connectivity index (χ3n) is 1.60. The van der Waals surface area contributed by atoms with Crippen LogP contribution in [0.5, 0.6) is 17.2 Å².